The summed E-state index contributed by atoms with van der Waals surface area (Å²) in [6.07, 6.45) is 1.68. The number of anilines is 2. The molecule has 3 rings (SSSR count). The number of benzene rings is 2. The van der Waals surface area contributed by atoms with E-state index in [1.807, 2.05) is 36.4 Å². The van der Waals surface area contributed by atoms with Crippen LogP contribution in [0.2, 0.25) is 0 Å². The van der Waals surface area contributed by atoms with Crippen molar-refractivity contribution in [2.24, 2.45) is 0 Å². The maximum Gasteiger partial charge on any atom is 0.227 e. The molecule has 3 aromatic rings. The minimum atomic E-state index is -3.31. The Morgan fingerprint density at radius 1 is 0.960 bits per heavy atom. The predicted octanol–water partition coefficient (Wildman–Crippen LogP) is 2.84. The van der Waals surface area contributed by atoms with Gasteiger partial charge in [0.05, 0.1) is 10.6 Å². The highest BCUT2D eigenvalue weighted by atomic mass is 32.2. The van der Waals surface area contributed by atoms with Crippen molar-refractivity contribution >= 4 is 21.5 Å². The molecule has 0 aliphatic carbocycles. The van der Waals surface area contributed by atoms with Crippen LogP contribution >= 0.6 is 0 Å². The third-order valence-corrected chi connectivity index (χ3v) is 5.19. The van der Waals surface area contributed by atoms with Crippen molar-refractivity contribution in [1.29, 1.82) is 0 Å². The average Bonchev–Trinajstić information content (AvgIpc) is 2.63. The highest BCUT2D eigenvalue weighted by Gasteiger charge is 2.12. The van der Waals surface area contributed by atoms with Gasteiger partial charge < -0.3 is 10.6 Å². The second kappa shape index (κ2) is 7.42. The molecule has 0 amide bonds. The first kappa shape index (κ1) is 17.1. The van der Waals surface area contributed by atoms with E-state index in [-0.39, 0.29) is 10.8 Å². The number of sulfone groups is 1. The summed E-state index contributed by atoms with van der Waals surface area (Å²) in [4.78, 5) is 8.97. The van der Waals surface area contributed by atoms with Gasteiger partial charge in [0.2, 0.25) is 5.95 Å². The van der Waals surface area contributed by atoms with E-state index in [4.69, 9.17) is 0 Å². The van der Waals surface area contributed by atoms with Crippen LogP contribution in [-0.2, 0) is 9.84 Å². The third-order valence-electron chi connectivity index (χ3n) is 3.53. The molecule has 7 heteroatoms. The molecule has 0 unspecified atom stereocenters. The molecule has 0 radical (unpaired) electrons. The van der Waals surface area contributed by atoms with Crippen LogP contribution in [-0.4, -0.2) is 31.3 Å². The summed E-state index contributed by atoms with van der Waals surface area (Å²) >= 11 is 0. The average molecular weight is 354 g/mol. The standard InChI is InChI=1S/C18H18N4O2S/c1-19-13-25(23,24)16-9-7-15(8-10-16)21-18-20-12-11-17(22-18)14-5-3-2-4-6-14/h2-12,19H,13H2,1H3,(H,20,21,22). The molecule has 25 heavy (non-hydrogen) atoms. The van der Waals surface area contributed by atoms with Crippen molar-refractivity contribution in [3.63, 3.8) is 0 Å². The second-order valence-electron chi connectivity index (χ2n) is 5.39. The lowest BCUT2D eigenvalue weighted by Crippen LogP contribution is -2.18. The van der Waals surface area contributed by atoms with E-state index in [0.29, 0.717) is 11.6 Å². The van der Waals surface area contributed by atoms with Crippen molar-refractivity contribution in [1.82, 2.24) is 15.3 Å². The lowest BCUT2D eigenvalue weighted by atomic mass is 10.1. The van der Waals surface area contributed by atoms with E-state index in [9.17, 15) is 8.42 Å². The van der Waals surface area contributed by atoms with E-state index in [2.05, 4.69) is 20.6 Å². The molecule has 0 saturated carbocycles. The van der Waals surface area contributed by atoms with Crippen LogP contribution in [0.3, 0.4) is 0 Å². The molecule has 2 N–H and O–H groups in total. The maximum absolute atomic E-state index is 12.0. The van der Waals surface area contributed by atoms with Crippen LogP contribution in [0.1, 0.15) is 0 Å². The number of nitrogens with zero attached hydrogens (tertiary/aromatic N) is 2. The van der Waals surface area contributed by atoms with Crippen molar-refractivity contribution in [3.05, 3.63) is 66.9 Å². The normalized spacial score (nSPS) is 11.2. The van der Waals surface area contributed by atoms with E-state index in [1.54, 1.807) is 37.5 Å². The fraction of sp³-hybridized carbons (Fsp3) is 0.111. The lowest BCUT2D eigenvalue weighted by Gasteiger charge is -2.08. The van der Waals surface area contributed by atoms with Crippen LogP contribution in [0.4, 0.5) is 11.6 Å². The third kappa shape index (κ3) is 4.20. The maximum atomic E-state index is 12.0. The molecule has 0 bridgehead atoms. The van der Waals surface area contributed by atoms with Gasteiger partial charge >= 0.3 is 0 Å². The molecule has 128 valence electrons. The first-order chi connectivity index (χ1) is 12.1. The number of hydrogen-bond donors (Lipinski definition) is 2. The molecule has 0 fully saturated rings. The summed E-state index contributed by atoms with van der Waals surface area (Å²) in [5, 5.41) is 5.75. The van der Waals surface area contributed by atoms with Gasteiger partial charge in [-0.15, -0.1) is 0 Å². The Hall–Kier alpha value is -2.77. The fourth-order valence-corrected chi connectivity index (χ4v) is 3.43. The van der Waals surface area contributed by atoms with Crippen LogP contribution < -0.4 is 10.6 Å². The molecule has 2 aromatic carbocycles. The van der Waals surface area contributed by atoms with E-state index in [1.165, 1.54) is 0 Å². The molecular formula is C18H18N4O2S. The van der Waals surface area contributed by atoms with Gasteiger partial charge in [-0.3, -0.25) is 0 Å². The van der Waals surface area contributed by atoms with Gasteiger partial charge in [0, 0.05) is 17.4 Å². The van der Waals surface area contributed by atoms with Crippen molar-refractivity contribution in [2.75, 3.05) is 18.2 Å². The quantitative estimate of drug-likeness (QED) is 0.708. The summed E-state index contributed by atoms with van der Waals surface area (Å²) < 4.78 is 24.0. The van der Waals surface area contributed by atoms with Gasteiger partial charge in [0.15, 0.2) is 9.84 Å². The lowest BCUT2D eigenvalue weighted by molar-refractivity contribution is 0.591. The second-order valence-corrected chi connectivity index (χ2v) is 7.38. The summed E-state index contributed by atoms with van der Waals surface area (Å²) in [5.41, 5.74) is 2.53. The Morgan fingerprint density at radius 2 is 1.68 bits per heavy atom. The number of hydrogen-bond acceptors (Lipinski definition) is 6. The highest BCUT2D eigenvalue weighted by molar-refractivity contribution is 7.91. The Kier molecular flexibility index (Phi) is 5.06. The zero-order valence-electron chi connectivity index (χ0n) is 13.7. The molecule has 0 aliphatic heterocycles. The van der Waals surface area contributed by atoms with Crippen LogP contribution in [0.15, 0.2) is 71.8 Å². The monoisotopic (exact) mass is 354 g/mol. The first-order valence-corrected chi connectivity index (χ1v) is 9.37. The summed E-state index contributed by atoms with van der Waals surface area (Å²) in [6, 6.07) is 18.2. The van der Waals surface area contributed by atoms with Crippen LogP contribution in [0, 0.1) is 0 Å². The Morgan fingerprint density at radius 3 is 2.36 bits per heavy atom. The molecule has 0 spiro atoms. The minimum Gasteiger partial charge on any atom is -0.324 e. The highest BCUT2D eigenvalue weighted by Crippen LogP contribution is 2.20. The molecule has 0 saturated heterocycles. The zero-order valence-corrected chi connectivity index (χ0v) is 14.5. The number of nitrogens with one attached hydrogen (secondary N) is 2. The van der Waals surface area contributed by atoms with Crippen molar-refractivity contribution in [2.45, 2.75) is 4.90 Å². The van der Waals surface area contributed by atoms with Gasteiger partial charge in [-0.25, -0.2) is 18.4 Å². The topological polar surface area (TPSA) is 84.0 Å². The summed E-state index contributed by atoms with van der Waals surface area (Å²) in [5.74, 6) is 0.356. The van der Waals surface area contributed by atoms with E-state index >= 15 is 0 Å². The Bertz CT molecular complexity index is 942. The molecule has 0 aliphatic rings. The van der Waals surface area contributed by atoms with Crippen LogP contribution in [0.5, 0.6) is 0 Å². The molecular weight excluding hydrogens is 336 g/mol. The zero-order chi connectivity index (χ0) is 17.7. The first-order valence-electron chi connectivity index (χ1n) is 7.71. The summed E-state index contributed by atoms with van der Waals surface area (Å²) in [7, 11) is -1.71. The molecule has 6 nitrogen and oxygen atoms in total. The molecule has 1 aromatic heterocycles. The predicted molar refractivity (Wildman–Crippen MR) is 98.3 cm³/mol. The van der Waals surface area contributed by atoms with E-state index in [0.717, 1.165) is 11.3 Å². The summed E-state index contributed by atoms with van der Waals surface area (Å²) in [6.45, 7) is 0. The number of rotatable bonds is 6. The van der Waals surface area contributed by atoms with Gasteiger partial charge in [-0.1, -0.05) is 30.3 Å². The smallest absolute Gasteiger partial charge is 0.227 e. The van der Waals surface area contributed by atoms with Gasteiger partial charge in [0.25, 0.3) is 0 Å². The van der Waals surface area contributed by atoms with Crippen molar-refractivity contribution in [3.8, 4) is 11.3 Å². The molecule has 0 atom stereocenters. The minimum absolute atomic E-state index is 0.0952. The molecule has 1 heterocycles. The fourth-order valence-electron chi connectivity index (χ4n) is 2.34. The Balaban J connectivity index is 1.79. The van der Waals surface area contributed by atoms with Gasteiger partial charge in [-0.05, 0) is 37.4 Å². The van der Waals surface area contributed by atoms with Crippen LogP contribution in [0.25, 0.3) is 11.3 Å². The van der Waals surface area contributed by atoms with Gasteiger partial charge in [-0.2, -0.15) is 0 Å². The SMILES string of the molecule is CNCS(=O)(=O)c1ccc(Nc2nccc(-c3ccccc3)n2)cc1. The Labute approximate surface area is 146 Å². The van der Waals surface area contributed by atoms with Crippen molar-refractivity contribution < 1.29 is 8.42 Å². The van der Waals surface area contributed by atoms with E-state index < -0.39 is 9.84 Å². The number of aromatic nitrogens is 2. The van der Waals surface area contributed by atoms with Gasteiger partial charge in [0.1, 0.15) is 5.88 Å². The largest absolute Gasteiger partial charge is 0.324 e.